The lowest BCUT2D eigenvalue weighted by Gasteiger charge is -2.27. The molecule has 0 bridgehead atoms. The molecule has 0 N–H and O–H groups in total. The quantitative estimate of drug-likeness (QED) is 0.709. The van der Waals surface area contributed by atoms with Gasteiger partial charge in [0.25, 0.3) is 0 Å². The minimum Gasteiger partial charge on any atom is -0.374 e. The van der Waals surface area contributed by atoms with Gasteiger partial charge in [-0.3, -0.25) is 4.79 Å². The fourth-order valence-corrected chi connectivity index (χ4v) is 2.10. The van der Waals surface area contributed by atoms with E-state index in [0.29, 0.717) is 12.5 Å². The van der Waals surface area contributed by atoms with Gasteiger partial charge in [0, 0.05) is 12.2 Å². The number of rotatable bonds is 5. The number of carbonyl (C=O) groups excluding carboxylic acids is 1. The first-order chi connectivity index (χ1) is 7.83. The van der Waals surface area contributed by atoms with Crippen molar-refractivity contribution in [2.75, 3.05) is 13.2 Å². The van der Waals surface area contributed by atoms with Crippen LogP contribution < -0.4 is 0 Å². The monoisotopic (exact) mass is 218 g/mol. The van der Waals surface area contributed by atoms with E-state index in [4.69, 9.17) is 4.74 Å². The van der Waals surface area contributed by atoms with Crippen LogP contribution in [0.1, 0.15) is 48.0 Å². The van der Waals surface area contributed by atoms with E-state index >= 15 is 0 Å². The molecule has 1 fully saturated rings. The zero-order chi connectivity index (χ0) is 11.4. The fraction of sp³-hybridized carbons (Fsp3) is 0.500. The predicted octanol–water partition coefficient (Wildman–Crippen LogP) is 3.17. The van der Waals surface area contributed by atoms with Crippen molar-refractivity contribution in [1.29, 1.82) is 0 Å². The van der Waals surface area contributed by atoms with Crippen molar-refractivity contribution in [3.63, 3.8) is 0 Å². The maximum atomic E-state index is 11.9. The Morgan fingerprint density at radius 3 is 2.75 bits per heavy atom. The summed E-state index contributed by atoms with van der Waals surface area (Å²) in [6.07, 6.45) is 3.73. The van der Waals surface area contributed by atoms with Crippen LogP contribution in [0.5, 0.6) is 0 Å². The van der Waals surface area contributed by atoms with Gasteiger partial charge >= 0.3 is 0 Å². The zero-order valence-electron chi connectivity index (χ0n) is 9.74. The van der Waals surface area contributed by atoms with Crippen LogP contribution in [0.25, 0.3) is 0 Å². The van der Waals surface area contributed by atoms with E-state index in [0.717, 1.165) is 5.56 Å². The highest BCUT2D eigenvalue weighted by Crippen LogP contribution is 2.37. The Morgan fingerprint density at radius 2 is 2.12 bits per heavy atom. The highest BCUT2D eigenvalue weighted by atomic mass is 16.5. The summed E-state index contributed by atoms with van der Waals surface area (Å²) in [5.74, 6) is 0.714. The molecular weight excluding hydrogens is 200 g/mol. The van der Waals surface area contributed by atoms with E-state index in [2.05, 4.69) is 6.07 Å². The summed E-state index contributed by atoms with van der Waals surface area (Å²) in [6, 6.07) is 7.96. The van der Waals surface area contributed by atoms with Crippen LogP contribution >= 0.6 is 0 Å². The van der Waals surface area contributed by atoms with E-state index in [9.17, 15) is 4.79 Å². The molecule has 2 nitrogen and oxygen atoms in total. The van der Waals surface area contributed by atoms with Gasteiger partial charge in [0.2, 0.25) is 0 Å². The van der Waals surface area contributed by atoms with Crippen molar-refractivity contribution >= 4 is 5.78 Å². The molecule has 0 atom stereocenters. The van der Waals surface area contributed by atoms with Crippen molar-refractivity contribution in [2.24, 2.45) is 0 Å². The second-order valence-electron chi connectivity index (χ2n) is 4.28. The lowest BCUT2D eigenvalue weighted by atomic mass is 9.77. The number of Topliss-reactive ketones (excluding diaryl/α,β-unsaturated/α-hetero) is 1. The molecule has 0 aromatic heterocycles. The van der Waals surface area contributed by atoms with Crippen LogP contribution in [0, 0.1) is 0 Å². The van der Waals surface area contributed by atoms with E-state index in [1.807, 2.05) is 25.1 Å². The van der Waals surface area contributed by atoms with Crippen LogP contribution in [0.4, 0.5) is 0 Å². The number of hydrogen-bond acceptors (Lipinski definition) is 2. The average molecular weight is 218 g/mol. The molecule has 0 unspecified atom stereocenters. The molecular formula is C14H18O2. The average Bonchev–Trinajstić information content (AvgIpc) is 2.24. The van der Waals surface area contributed by atoms with Gasteiger partial charge in [0.05, 0.1) is 0 Å². The van der Waals surface area contributed by atoms with Gasteiger partial charge < -0.3 is 4.74 Å². The lowest BCUT2D eigenvalue weighted by molar-refractivity contribution is 0.0781. The molecule has 2 heteroatoms. The van der Waals surface area contributed by atoms with Crippen LogP contribution in [-0.2, 0) is 4.74 Å². The largest absolute Gasteiger partial charge is 0.374 e. The van der Waals surface area contributed by atoms with E-state index in [-0.39, 0.29) is 12.4 Å². The molecule has 0 saturated heterocycles. The Labute approximate surface area is 96.6 Å². The van der Waals surface area contributed by atoms with Gasteiger partial charge in [-0.25, -0.2) is 0 Å². The highest BCUT2D eigenvalue weighted by Gasteiger charge is 2.23. The summed E-state index contributed by atoms with van der Waals surface area (Å²) in [5.41, 5.74) is 2.08. The Bertz CT molecular complexity index is 367. The first-order valence-corrected chi connectivity index (χ1v) is 6.02. The maximum Gasteiger partial charge on any atom is 0.188 e. The molecule has 0 amide bonds. The maximum absolute atomic E-state index is 11.9. The first kappa shape index (κ1) is 11.3. The standard InChI is InChI=1S/C14H18O2/c1-2-16-10-14(15)13-9-4-3-8-12(13)11-6-5-7-11/h3-4,8-9,11H,2,5-7,10H2,1H3. The Hall–Kier alpha value is -1.15. The molecule has 86 valence electrons. The summed E-state index contributed by atoms with van der Waals surface area (Å²) in [4.78, 5) is 11.9. The molecule has 1 saturated carbocycles. The number of benzene rings is 1. The third kappa shape index (κ3) is 2.33. The first-order valence-electron chi connectivity index (χ1n) is 6.02. The summed E-state index contributed by atoms with van der Waals surface area (Å²) in [6.45, 7) is 2.71. The molecule has 1 aromatic carbocycles. The molecule has 16 heavy (non-hydrogen) atoms. The minimum atomic E-state index is 0.115. The second-order valence-corrected chi connectivity index (χ2v) is 4.28. The number of ether oxygens (including phenoxy) is 1. The van der Waals surface area contributed by atoms with Gasteiger partial charge in [0.1, 0.15) is 6.61 Å². The molecule has 2 rings (SSSR count). The van der Waals surface area contributed by atoms with Crippen molar-refractivity contribution in [1.82, 2.24) is 0 Å². The second kappa shape index (κ2) is 5.26. The summed E-state index contributed by atoms with van der Waals surface area (Å²) < 4.78 is 5.19. The van der Waals surface area contributed by atoms with Crippen LogP contribution in [0.15, 0.2) is 24.3 Å². The number of ketones is 1. The van der Waals surface area contributed by atoms with Gasteiger partial charge in [-0.2, -0.15) is 0 Å². The smallest absolute Gasteiger partial charge is 0.188 e. The van der Waals surface area contributed by atoms with Crippen LogP contribution in [-0.4, -0.2) is 19.0 Å². The van der Waals surface area contributed by atoms with E-state index in [1.165, 1.54) is 24.8 Å². The van der Waals surface area contributed by atoms with Crippen molar-refractivity contribution in [3.05, 3.63) is 35.4 Å². The minimum absolute atomic E-state index is 0.115. The summed E-state index contributed by atoms with van der Waals surface area (Å²) >= 11 is 0. The van der Waals surface area contributed by atoms with E-state index in [1.54, 1.807) is 0 Å². The Morgan fingerprint density at radius 1 is 1.38 bits per heavy atom. The van der Waals surface area contributed by atoms with Crippen molar-refractivity contribution in [2.45, 2.75) is 32.1 Å². The van der Waals surface area contributed by atoms with Gasteiger partial charge in [-0.1, -0.05) is 30.7 Å². The summed E-state index contributed by atoms with van der Waals surface area (Å²) in [7, 11) is 0. The Balaban J connectivity index is 2.15. The third-order valence-electron chi connectivity index (χ3n) is 3.24. The predicted molar refractivity (Wildman–Crippen MR) is 63.9 cm³/mol. The third-order valence-corrected chi connectivity index (χ3v) is 3.24. The topological polar surface area (TPSA) is 26.3 Å². The number of carbonyl (C=O) groups is 1. The van der Waals surface area contributed by atoms with Gasteiger partial charge in [-0.15, -0.1) is 0 Å². The van der Waals surface area contributed by atoms with Gasteiger partial charge in [0.15, 0.2) is 5.78 Å². The molecule has 1 aliphatic carbocycles. The lowest BCUT2D eigenvalue weighted by Crippen LogP contribution is -2.16. The van der Waals surface area contributed by atoms with Crippen molar-refractivity contribution < 1.29 is 9.53 Å². The molecule has 0 radical (unpaired) electrons. The molecule has 0 heterocycles. The number of hydrogen-bond donors (Lipinski definition) is 0. The normalized spacial score (nSPS) is 15.8. The molecule has 1 aliphatic rings. The van der Waals surface area contributed by atoms with Crippen LogP contribution in [0.3, 0.4) is 0 Å². The SMILES string of the molecule is CCOCC(=O)c1ccccc1C1CCC1. The molecule has 0 spiro atoms. The van der Waals surface area contributed by atoms with Crippen LogP contribution in [0.2, 0.25) is 0 Å². The van der Waals surface area contributed by atoms with Gasteiger partial charge in [-0.05, 0) is 31.2 Å². The molecule has 1 aromatic rings. The van der Waals surface area contributed by atoms with Crippen molar-refractivity contribution in [3.8, 4) is 0 Å². The summed E-state index contributed by atoms with van der Waals surface area (Å²) in [5, 5.41) is 0. The highest BCUT2D eigenvalue weighted by molar-refractivity contribution is 5.98. The Kier molecular flexibility index (Phi) is 3.73. The molecule has 0 aliphatic heterocycles. The fourth-order valence-electron chi connectivity index (χ4n) is 2.10. The zero-order valence-corrected chi connectivity index (χ0v) is 9.74. The van der Waals surface area contributed by atoms with E-state index < -0.39 is 0 Å².